The fourth-order valence-electron chi connectivity index (χ4n) is 2.09. The molecule has 1 amide bonds. The van der Waals surface area contributed by atoms with Gasteiger partial charge in [0, 0.05) is 25.7 Å². The number of carbonyl (C=O) groups is 1. The van der Waals surface area contributed by atoms with Crippen molar-refractivity contribution in [2.24, 2.45) is 11.7 Å². The Labute approximate surface area is 97.8 Å². The Morgan fingerprint density at radius 3 is 2.62 bits per heavy atom. The zero-order valence-electron chi connectivity index (χ0n) is 10.2. The minimum atomic E-state index is -0.0423. The number of nitrogens with zero attached hydrogens (tertiary/aromatic N) is 1. The molecule has 0 aliphatic heterocycles. The summed E-state index contributed by atoms with van der Waals surface area (Å²) in [7, 11) is 0. The molecule has 16 heavy (non-hydrogen) atoms. The molecule has 1 aliphatic carbocycles. The summed E-state index contributed by atoms with van der Waals surface area (Å²) < 4.78 is 0. The van der Waals surface area contributed by atoms with E-state index in [1.54, 1.807) is 0 Å². The van der Waals surface area contributed by atoms with E-state index in [-0.39, 0.29) is 18.4 Å². The van der Waals surface area contributed by atoms with Crippen molar-refractivity contribution in [3.63, 3.8) is 0 Å². The van der Waals surface area contributed by atoms with Crippen LogP contribution in [0.4, 0.5) is 0 Å². The molecule has 0 aromatic heterocycles. The van der Waals surface area contributed by atoms with Gasteiger partial charge in [-0.25, -0.2) is 0 Å². The third kappa shape index (κ3) is 3.19. The van der Waals surface area contributed by atoms with Crippen LogP contribution < -0.4 is 5.73 Å². The number of hydrogen-bond donors (Lipinski definition) is 2. The normalized spacial score (nSPS) is 17.9. The van der Waals surface area contributed by atoms with Gasteiger partial charge in [0.15, 0.2) is 0 Å². The van der Waals surface area contributed by atoms with Crippen LogP contribution >= 0.6 is 0 Å². The number of hydrogen-bond acceptors (Lipinski definition) is 3. The molecule has 1 fully saturated rings. The highest BCUT2D eigenvalue weighted by Gasteiger charge is 2.31. The van der Waals surface area contributed by atoms with Gasteiger partial charge in [-0.3, -0.25) is 4.79 Å². The van der Waals surface area contributed by atoms with Crippen molar-refractivity contribution >= 4 is 5.91 Å². The van der Waals surface area contributed by atoms with Crippen molar-refractivity contribution in [3.05, 3.63) is 0 Å². The molecule has 0 aromatic carbocycles. The molecule has 0 saturated heterocycles. The second-order valence-corrected chi connectivity index (χ2v) is 4.53. The topological polar surface area (TPSA) is 66.6 Å². The molecule has 1 unspecified atom stereocenters. The molecule has 1 saturated carbocycles. The summed E-state index contributed by atoms with van der Waals surface area (Å²) >= 11 is 0. The maximum Gasteiger partial charge on any atom is 0.227 e. The van der Waals surface area contributed by atoms with Crippen molar-refractivity contribution in [1.29, 1.82) is 0 Å². The molecule has 1 rings (SSSR count). The zero-order chi connectivity index (χ0) is 12.0. The van der Waals surface area contributed by atoms with E-state index in [1.165, 1.54) is 6.42 Å². The average Bonchev–Trinajstić information content (AvgIpc) is 2.22. The molecule has 94 valence electrons. The van der Waals surface area contributed by atoms with Crippen LogP contribution in [0.5, 0.6) is 0 Å². The summed E-state index contributed by atoms with van der Waals surface area (Å²) in [4.78, 5) is 14.2. The van der Waals surface area contributed by atoms with E-state index in [1.807, 2.05) is 11.8 Å². The average molecular weight is 228 g/mol. The highest BCUT2D eigenvalue weighted by atomic mass is 16.3. The monoisotopic (exact) mass is 228 g/mol. The van der Waals surface area contributed by atoms with E-state index in [4.69, 9.17) is 10.8 Å². The second-order valence-electron chi connectivity index (χ2n) is 4.53. The van der Waals surface area contributed by atoms with Gasteiger partial charge >= 0.3 is 0 Å². The lowest BCUT2D eigenvalue weighted by atomic mass is 9.90. The molecule has 0 spiro atoms. The number of nitrogens with two attached hydrogens (primary N) is 1. The lowest BCUT2D eigenvalue weighted by Gasteiger charge is -2.39. The minimum absolute atomic E-state index is 0.0423. The first kappa shape index (κ1) is 13.5. The molecule has 0 radical (unpaired) electrons. The second kappa shape index (κ2) is 6.86. The van der Waals surface area contributed by atoms with Crippen LogP contribution in [0.2, 0.25) is 0 Å². The van der Waals surface area contributed by atoms with Crippen LogP contribution in [0.3, 0.4) is 0 Å². The zero-order valence-corrected chi connectivity index (χ0v) is 10.2. The quantitative estimate of drug-likeness (QED) is 0.675. The third-order valence-electron chi connectivity index (χ3n) is 3.48. The van der Waals surface area contributed by atoms with Gasteiger partial charge in [0.2, 0.25) is 5.91 Å². The first-order valence-electron chi connectivity index (χ1n) is 6.36. The number of aliphatic hydroxyl groups excluding tert-OH is 1. The summed E-state index contributed by atoms with van der Waals surface area (Å²) in [5.74, 6) is 0.141. The first-order valence-corrected chi connectivity index (χ1v) is 6.36. The van der Waals surface area contributed by atoms with E-state index in [9.17, 15) is 4.79 Å². The Morgan fingerprint density at radius 1 is 1.56 bits per heavy atom. The Morgan fingerprint density at radius 2 is 2.25 bits per heavy atom. The SMILES string of the molecule is CCC(CN)C(=O)N(CCCO)C1CCC1. The van der Waals surface area contributed by atoms with Gasteiger partial charge < -0.3 is 15.7 Å². The molecule has 0 aromatic rings. The summed E-state index contributed by atoms with van der Waals surface area (Å²) in [5.41, 5.74) is 5.61. The Balaban J connectivity index is 2.55. The molecule has 4 heteroatoms. The molecule has 0 heterocycles. The van der Waals surface area contributed by atoms with Crippen molar-refractivity contribution in [2.75, 3.05) is 19.7 Å². The fraction of sp³-hybridized carbons (Fsp3) is 0.917. The molecule has 3 N–H and O–H groups in total. The van der Waals surface area contributed by atoms with E-state index in [0.29, 0.717) is 25.6 Å². The van der Waals surface area contributed by atoms with Gasteiger partial charge in [0.25, 0.3) is 0 Å². The van der Waals surface area contributed by atoms with Gasteiger partial charge in [-0.05, 0) is 32.1 Å². The van der Waals surface area contributed by atoms with Gasteiger partial charge in [-0.1, -0.05) is 6.92 Å². The molecular formula is C12H24N2O2. The van der Waals surface area contributed by atoms with Crippen LogP contribution in [0.25, 0.3) is 0 Å². The molecule has 1 atom stereocenters. The predicted molar refractivity (Wildman–Crippen MR) is 63.9 cm³/mol. The van der Waals surface area contributed by atoms with Crippen LogP contribution in [0.15, 0.2) is 0 Å². The summed E-state index contributed by atoms with van der Waals surface area (Å²) in [6.07, 6.45) is 4.91. The smallest absolute Gasteiger partial charge is 0.227 e. The highest BCUT2D eigenvalue weighted by Crippen LogP contribution is 2.26. The van der Waals surface area contributed by atoms with Crippen LogP contribution in [0.1, 0.15) is 39.0 Å². The van der Waals surface area contributed by atoms with Crippen LogP contribution in [-0.4, -0.2) is 41.7 Å². The van der Waals surface area contributed by atoms with Crippen LogP contribution in [-0.2, 0) is 4.79 Å². The van der Waals surface area contributed by atoms with Gasteiger partial charge in [0.1, 0.15) is 0 Å². The molecule has 0 bridgehead atoms. The van der Waals surface area contributed by atoms with Crippen molar-refractivity contribution in [1.82, 2.24) is 4.90 Å². The van der Waals surface area contributed by atoms with E-state index >= 15 is 0 Å². The molecular weight excluding hydrogens is 204 g/mol. The summed E-state index contributed by atoms with van der Waals surface area (Å²) in [5, 5.41) is 8.86. The predicted octanol–water partition coefficient (Wildman–Crippen LogP) is 0.735. The fourth-order valence-corrected chi connectivity index (χ4v) is 2.09. The van der Waals surface area contributed by atoms with Gasteiger partial charge in [-0.15, -0.1) is 0 Å². The largest absolute Gasteiger partial charge is 0.396 e. The van der Waals surface area contributed by atoms with E-state index < -0.39 is 0 Å². The van der Waals surface area contributed by atoms with Gasteiger partial charge in [0.05, 0.1) is 5.92 Å². The third-order valence-corrected chi connectivity index (χ3v) is 3.48. The minimum Gasteiger partial charge on any atom is -0.396 e. The number of amides is 1. The lowest BCUT2D eigenvalue weighted by molar-refractivity contribution is -0.139. The maximum atomic E-state index is 12.2. The van der Waals surface area contributed by atoms with Gasteiger partial charge in [-0.2, -0.15) is 0 Å². The first-order chi connectivity index (χ1) is 7.74. The van der Waals surface area contributed by atoms with Crippen molar-refractivity contribution in [2.45, 2.75) is 45.1 Å². The van der Waals surface area contributed by atoms with Crippen LogP contribution in [0, 0.1) is 5.92 Å². The maximum absolute atomic E-state index is 12.2. The van der Waals surface area contributed by atoms with Crippen molar-refractivity contribution < 1.29 is 9.90 Å². The highest BCUT2D eigenvalue weighted by molar-refractivity contribution is 5.79. The Hall–Kier alpha value is -0.610. The number of aliphatic hydroxyl groups is 1. The molecule has 4 nitrogen and oxygen atoms in total. The Bertz CT molecular complexity index is 213. The van der Waals surface area contributed by atoms with E-state index in [2.05, 4.69) is 0 Å². The Kier molecular flexibility index (Phi) is 5.77. The summed E-state index contributed by atoms with van der Waals surface area (Å²) in [6, 6.07) is 0.402. The lowest BCUT2D eigenvalue weighted by Crippen LogP contribution is -2.48. The van der Waals surface area contributed by atoms with E-state index in [0.717, 1.165) is 19.3 Å². The standard InChI is InChI=1S/C12H24N2O2/c1-2-10(9-13)12(16)14(7-4-8-15)11-5-3-6-11/h10-11,15H,2-9,13H2,1H3. The molecule has 1 aliphatic rings. The number of carbonyl (C=O) groups excluding carboxylic acids is 1. The van der Waals surface area contributed by atoms with Crippen molar-refractivity contribution in [3.8, 4) is 0 Å². The summed E-state index contributed by atoms with van der Waals surface area (Å²) in [6.45, 7) is 3.25. The number of rotatable bonds is 7.